The maximum atomic E-state index is 12.4. The first-order chi connectivity index (χ1) is 7.84. The normalized spacial score (nSPS) is 10.4. The molecule has 0 heterocycles. The lowest BCUT2D eigenvalue weighted by Gasteiger charge is -2.08. The lowest BCUT2D eigenvalue weighted by atomic mass is 10.1. The highest BCUT2D eigenvalue weighted by Crippen LogP contribution is 2.35. The van der Waals surface area contributed by atoms with Crippen molar-refractivity contribution < 1.29 is 27.8 Å². The van der Waals surface area contributed by atoms with Crippen molar-refractivity contribution >= 4 is 5.97 Å². The molecule has 0 spiro atoms. The summed E-state index contributed by atoms with van der Waals surface area (Å²) < 4.78 is 41.4. The average Bonchev–Trinajstić information content (AvgIpc) is 2.26. The van der Waals surface area contributed by atoms with Crippen molar-refractivity contribution in [3.8, 4) is 17.6 Å². The standard InChI is InChI=1S/C11H7F3O3/c1-17-10(16)5-3-7-2-4-9(15)8(6-7)11(12,13)14/h2,4,6,15H,1H3. The molecule has 90 valence electrons. The van der Waals surface area contributed by atoms with E-state index in [1.807, 2.05) is 5.92 Å². The van der Waals surface area contributed by atoms with Crippen molar-refractivity contribution in [3.05, 3.63) is 29.3 Å². The predicted molar refractivity (Wildman–Crippen MR) is 52.0 cm³/mol. The van der Waals surface area contributed by atoms with Gasteiger partial charge in [0, 0.05) is 11.5 Å². The highest BCUT2D eigenvalue weighted by Gasteiger charge is 2.33. The number of hydrogen-bond acceptors (Lipinski definition) is 3. The number of phenolic OH excluding ortho intramolecular Hbond substituents is 1. The molecule has 3 nitrogen and oxygen atoms in total. The van der Waals surface area contributed by atoms with Gasteiger partial charge in [-0.3, -0.25) is 0 Å². The van der Waals surface area contributed by atoms with Crippen molar-refractivity contribution in [1.82, 2.24) is 0 Å². The number of ether oxygens (including phenoxy) is 1. The molecule has 1 N–H and O–H groups in total. The van der Waals surface area contributed by atoms with Crippen LogP contribution in [0.4, 0.5) is 13.2 Å². The summed E-state index contributed by atoms with van der Waals surface area (Å²) in [6, 6.07) is 2.69. The van der Waals surface area contributed by atoms with Gasteiger partial charge in [-0.05, 0) is 18.2 Å². The molecule has 0 bridgehead atoms. The first-order valence-electron chi connectivity index (χ1n) is 4.35. The third-order valence-corrected chi connectivity index (χ3v) is 1.80. The Labute approximate surface area is 94.8 Å². The first kappa shape index (κ1) is 12.9. The molecule has 0 aliphatic heterocycles. The molecule has 6 heteroatoms. The highest BCUT2D eigenvalue weighted by atomic mass is 19.4. The van der Waals surface area contributed by atoms with Crippen molar-refractivity contribution in [3.63, 3.8) is 0 Å². The van der Waals surface area contributed by atoms with Crippen LogP contribution in [0.3, 0.4) is 0 Å². The van der Waals surface area contributed by atoms with E-state index in [0.29, 0.717) is 6.07 Å². The van der Waals surface area contributed by atoms with Gasteiger partial charge in [0.2, 0.25) is 0 Å². The third kappa shape index (κ3) is 3.41. The number of carbonyl (C=O) groups is 1. The molecule has 0 aliphatic rings. The second-order valence-corrected chi connectivity index (χ2v) is 2.97. The quantitative estimate of drug-likeness (QED) is 0.560. The largest absolute Gasteiger partial charge is 0.507 e. The number of rotatable bonds is 0. The summed E-state index contributed by atoms with van der Waals surface area (Å²) in [5, 5.41) is 9.03. The molecule has 0 radical (unpaired) electrons. The highest BCUT2D eigenvalue weighted by molar-refractivity contribution is 5.89. The van der Waals surface area contributed by atoms with E-state index in [2.05, 4.69) is 10.7 Å². The Morgan fingerprint density at radius 1 is 1.41 bits per heavy atom. The van der Waals surface area contributed by atoms with Gasteiger partial charge >= 0.3 is 12.1 Å². The van der Waals surface area contributed by atoms with E-state index in [-0.39, 0.29) is 5.56 Å². The van der Waals surface area contributed by atoms with E-state index in [9.17, 15) is 18.0 Å². The Morgan fingerprint density at radius 3 is 2.59 bits per heavy atom. The van der Waals surface area contributed by atoms with Gasteiger partial charge in [-0.15, -0.1) is 0 Å². The fourth-order valence-electron chi connectivity index (χ4n) is 1.02. The molecule has 0 amide bonds. The average molecular weight is 244 g/mol. The summed E-state index contributed by atoms with van der Waals surface area (Å²) in [6.07, 6.45) is -4.67. The molecule has 0 aliphatic carbocycles. The second-order valence-electron chi connectivity index (χ2n) is 2.97. The van der Waals surface area contributed by atoms with Crippen LogP contribution in [0.1, 0.15) is 11.1 Å². The molecule has 0 saturated carbocycles. The molecule has 1 aromatic rings. The number of esters is 1. The third-order valence-electron chi connectivity index (χ3n) is 1.80. The number of halogens is 3. The van der Waals surface area contributed by atoms with Crippen LogP contribution in [0.5, 0.6) is 5.75 Å². The summed E-state index contributed by atoms with van der Waals surface area (Å²) in [4.78, 5) is 10.7. The molecule has 1 rings (SSSR count). The fraction of sp³-hybridized carbons (Fsp3) is 0.182. The zero-order valence-corrected chi connectivity index (χ0v) is 8.63. The lowest BCUT2D eigenvalue weighted by molar-refractivity contribution is -0.138. The topological polar surface area (TPSA) is 46.5 Å². The van der Waals surface area contributed by atoms with Crippen LogP contribution in [0, 0.1) is 11.8 Å². The minimum atomic E-state index is -4.67. The van der Waals surface area contributed by atoms with E-state index in [4.69, 9.17) is 5.11 Å². The molecule has 0 fully saturated rings. The molecular weight excluding hydrogens is 237 g/mol. The van der Waals surface area contributed by atoms with Crippen LogP contribution in [-0.4, -0.2) is 18.2 Å². The Kier molecular flexibility index (Phi) is 3.63. The van der Waals surface area contributed by atoms with Crippen LogP contribution in [0.25, 0.3) is 0 Å². The van der Waals surface area contributed by atoms with Crippen molar-refractivity contribution in [2.45, 2.75) is 6.18 Å². The SMILES string of the molecule is COC(=O)C#Cc1ccc(O)c(C(F)(F)F)c1. The summed E-state index contributed by atoms with van der Waals surface area (Å²) in [5.74, 6) is 2.44. The monoisotopic (exact) mass is 244 g/mol. The summed E-state index contributed by atoms with van der Waals surface area (Å²) in [5.41, 5.74) is -1.24. The number of aromatic hydroxyl groups is 1. The van der Waals surface area contributed by atoms with Crippen LogP contribution in [0.15, 0.2) is 18.2 Å². The van der Waals surface area contributed by atoms with Gasteiger partial charge in [-0.25, -0.2) is 4.79 Å². The minimum absolute atomic E-state index is 0.0412. The molecule has 0 aromatic heterocycles. The smallest absolute Gasteiger partial charge is 0.419 e. The Morgan fingerprint density at radius 2 is 2.06 bits per heavy atom. The Hall–Kier alpha value is -2.16. The van der Waals surface area contributed by atoms with Gasteiger partial charge in [0.05, 0.1) is 12.7 Å². The van der Waals surface area contributed by atoms with Gasteiger partial charge in [0.1, 0.15) is 5.75 Å². The maximum Gasteiger partial charge on any atom is 0.419 e. The molecular formula is C11H7F3O3. The van der Waals surface area contributed by atoms with Crippen LogP contribution >= 0.6 is 0 Å². The van der Waals surface area contributed by atoms with Crippen molar-refractivity contribution in [1.29, 1.82) is 0 Å². The molecule has 0 unspecified atom stereocenters. The summed E-state index contributed by atoms with van der Waals surface area (Å²) in [6.45, 7) is 0. The summed E-state index contributed by atoms with van der Waals surface area (Å²) >= 11 is 0. The minimum Gasteiger partial charge on any atom is -0.507 e. The van der Waals surface area contributed by atoms with Gasteiger partial charge in [-0.1, -0.05) is 5.92 Å². The van der Waals surface area contributed by atoms with Gasteiger partial charge in [0.15, 0.2) is 0 Å². The van der Waals surface area contributed by atoms with E-state index < -0.39 is 23.5 Å². The summed E-state index contributed by atoms with van der Waals surface area (Å²) in [7, 11) is 1.11. The Balaban J connectivity index is 3.12. The Bertz CT molecular complexity index is 495. The number of alkyl halides is 3. The van der Waals surface area contributed by atoms with Crippen molar-refractivity contribution in [2.24, 2.45) is 0 Å². The number of phenols is 1. The first-order valence-corrected chi connectivity index (χ1v) is 4.35. The van der Waals surface area contributed by atoms with Gasteiger partial charge in [0.25, 0.3) is 0 Å². The second kappa shape index (κ2) is 4.78. The van der Waals surface area contributed by atoms with Gasteiger partial charge < -0.3 is 9.84 Å². The number of carbonyl (C=O) groups excluding carboxylic acids is 1. The zero-order valence-electron chi connectivity index (χ0n) is 8.63. The number of hydrogen-bond donors (Lipinski definition) is 1. The van der Waals surface area contributed by atoms with E-state index in [1.165, 1.54) is 6.07 Å². The predicted octanol–water partition coefficient (Wildman–Crippen LogP) is 1.94. The molecule has 17 heavy (non-hydrogen) atoms. The number of methoxy groups -OCH3 is 1. The van der Waals surface area contributed by atoms with Crippen LogP contribution in [0.2, 0.25) is 0 Å². The van der Waals surface area contributed by atoms with Gasteiger partial charge in [-0.2, -0.15) is 13.2 Å². The number of benzene rings is 1. The maximum absolute atomic E-state index is 12.4. The lowest BCUT2D eigenvalue weighted by Crippen LogP contribution is -2.05. The van der Waals surface area contributed by atoms with Crippen LogP contribution in [-0.2, 0) is 15.7 Å². The van der Waals surface area contributed by atoms with Crippen molar-refractivity contribution in [2.75, 3.05) is 7.11 Å². The van der Waals surface area contributed by atoms with E-state index in [0.717, 1.165) is 13.2 Å². The van der Waals surface area contributed by atoms with E-state index in [1.54, 1.807) is 0 Å². The molecule has 0 atom stereocenters. The van der Waals surface area contributed by atoms with Crippen LogP contribution < -0.4 is 0 Å². The molecule has 0 saturated heterocycles. The molecule has 1 aromatic carbocycles. The van der Waals surface area contributed by atoms with E-state index >= 15 is 0 Å². The zero-order chi connectivity index (χ0) is 13.1. The fourth-order valence-corrected chi connectivity index (χ4v) is 1.02.